The summed E-state index contributed by atoms with van der Waals surface area (Å²) in [6.45, 7) is 0.532. The van der Waals surface area contributed by atoms with Crippen LogP contribution in [0.3, 0.4) is 0 Å². The smallest absolute Gasteiger partial charge is 0.278 e. The van der Waals surface area contributed by atoms with Crippen molar-refractivity contribution < 1.29 is 13.2 Å². The Hall–Kier alpha value is -1.99. The number of carbonyl (C=O) groups is 1. The Morgan fingerprint density at radius 2 is 2.04 bits per heavy atom. The lowest BCUT2D eigenvalue weighted by atomic mass is 10.0. The number of aromatic nitrogens is 2. The second-order valence-corrected chi connectivity index (χ2v) is 7.63. The molecule has 120 valence electrons. The Labute approximate surface area is 139 Å². The van der Waals surface area contributed by atoms with Crippen LogP contribution in [-0.2, 0) is 16.3 Å². The summed E-state index contributed by atoms with van der Waals surface area (Å²) in [7, 11) is -3.62. The molecule has 6 nitrogen and oxygen atoms in total. The highest BCUT2D eigenvalue weighted by atomic mass is 35.5. The van der Waals surface area contributed by atoms with Crippen molar-refractivity contribution in [2.45, 2.75) is 18.0 Å². The normalized spacial score (nSPS) is 14.4. The van der Waals surface area contributed by atoms with Crippen LogP contribution in [0.25, 0.3) is 0 Å². The number of aryl methyl sites for hydroxylation is 1. The molecule has 0 saturated carbocycles. The third-order valence-electron chi connectivity index (χ3n) is 3.61. The number of para-hydroxylation sites is 1. The second-order valence-electron chi connectivity index (χ2n) is 5.31. The fraction of sp³-hybridized carbons (Fsp3) is 0.267. The van der Waals surface area contributed by atoms with Gasteiger partial charge in [-0.15, -0.1) is 0 Å². The van der Waals surface area contributed by atoms with Gasteiger partial charge >= 0.3 is 0 Å². The predicted molar refractivity (Wildman–Crippen MR) is 86.6 cm³/mol. The molecule has 1 amide bonds. The Morgan fingerprint density at radius 3 is 2.78 bits per heavy atom. The summed E-state index contributed by atoms with van der Waals surface area (Å²) in [6.07, 6.45) is 3.85. The highest BCUT2D eigenvalue weighted by Crippen LogP contribution is 2.29. The van der Waals surface area contributed by atoms with Crippen LogP contribution in [0.1, 0.15) is 22.5 Å². The van der Waals surface area contributed by atoms with Gasteiger partial charge in [0.25, 0.3) is 5.91 Å². The third-order valence-corrected chi connectivity index (χ3v) is 4.75. The highest BCUT2D eigenvalue weighted by Gasteiger charge is 2.27. The first-order chi connectivity index (χ1) is 10.9. The van der Waals surface area contributed by atoms with Gasteiger partial charge in [-0.2, -0.15) is 0 Å². The quantitative estimate of drug-likeness (QED) is 0.774. The molecule has 0 aliphatic carbocycles. The fourth-order valence-electron chi connectivity index (χ4n) is 2.55. The van der Waals surface area contributed by atoms with E-state index in [0.29, 0.717) is 6.54 Å². The SMILES string of the molecule is CS(=O)(=O)c1ncc(Cl)c(C(=O)N2CCCc3ccccc32)n1. The maximum absolute atomic E-state index is 12.8. The van der Waals surface area contributed by atoms with Crippen molar-refractivity contribution in [3.63, 3.8) is 0 Å². The van der Waals surface area contributed by atoms with Gasteiger partial charge in [0, 0.05) is 18.5 Å². The molecular formula is C15H14ClN3O3S. The van der Waals surface area contributed by atoms with Crippen molar-refractivity contribution in [1.82, 2.24) is 9.97 Å². The number of hydrogen-bond acceptors (Lipinski definition) is 5. The lowest BCUT2D eigenvalue weighted by molar-refractivity contribution is 0.0979. The number of amides is 1. The van der Waals surface area contributed by atoms with Crippen LogP contribution in [0.15, 0.2) is 35.6 Å². The number of rotatable bonds is 2. The highest BCUT2D eigenvalue weighted by molar-refractivity contribution is 7.90. The van der Waals surface area contributed by atoms with Crippen molar-refractivity contribution in [1.29, 1.82) is 0 Å². The fourth-order valence-corrected chi connectivity index (χ4v) is 3.23. The zero-order chi connectivity index (χ0) is 16.6. The van der Waals surface area contributed by atoms with E-state index in [4.69, 9.17) is 11.6 Å². The van der Waals surface area contributed by atoms with E-state index in [1.54, 1.807) is 4.90 Å². The molecule has 1 aromatic carbocycles. The van der Waals surface area contributed by atoms with Crippen molar-refractivity contribution in [3.8, 4) is 0 Å². The third kappa shape index (κ3) is 3.07. The second kappa shape index (κ2) is 5.90. The molecule has 0 spiro atoms. The molecule has 0 radical (unpaired) electrons. The van der Waals surface area contributed by atoms with Crippen LogP contribution >= 0.6 is 11.6 Å². The van der Waals surface area contributed by atoms with E-state index in [1.807, 2.05) is 24.3 Å². The largest absolute Gasteiger partial charge is 0.307 e. The van der Waals surface area contributed by atoms with Crippen LogP contribution in [-0.4, -0.2) is 37.1 Å². The predicted octanol–water partition coefficient (Wildman–Crippen LogP) is 2.13. The van der Waals surface area contributed by atoms with Crippen LogP contribution in [0.2, 0.25) is 5.02 Å². The number of nitrogens with zero attached hydrogens (tertiary/aromatic N) is 3. The van der Waals surface area contributed by atoms with Gasteiger partial charge < -0.3 is 4.90 Å². The van der Waals surface area contributed by atoms with Gasteiger partial charge in [-0.3, -0.25) is 4.79 Å². The average Bonchev–Trinajstić information content (AvgIpc) is 2.53. The maximum Gasteiger partial charge on any atom is 0.278 e. The summed E-state index contributed by atoms with van der Waals surface area (Å²) in [5.41, 5.74) is 1.78. The minimum absolute atomic E-state index is 0.0328. The van der Waals surface area contributed by atoms with Crippen molar-refractivity contribution in [2.24, 2.45) is 0 Å². The molecule has 23 heavy (non-hydrogen) atoms. The molecule has 0 atom stereocenters. The van der Waals surface area contributed by atoms with Gasteiger partial charge in [0.1, 0.15) is 0 Å². The molecule has 3 rings (SSSR count). The Kier molecular flexibility index (Phi) is 4.08. The molecule has 1 aliphatic heterocycles. The maximum atomic E-state index is 12.8. The van der Waals surface area contributed by atoms with Gasteiger partial charge in [-0.05, 0) is 24.5 Å². The molecule has 0 N–H and O–H groups in total. The zero-order valence-corrected chi connectivity index (χ0v) is 13.9. The molecule has 8 heteroatoms. The number of sulfone groups is 1. The molecule has 0 fully saturated rings. The summed E-state index contributed by atoms with van der Waals surface area (Å²) < 4.78 is 23.2. The molecule has 2 heterocycles. The molecule has 0 bridgehead atoms. The van der Waals surface area contributed by atoms with Crippen LogP contribution < -0.4 is 4.90 Å². The summed E-state index contributed by atoms with van der Waals surface area (Å²) in [6, 6.07) is 7.61. The first kappa shape index (κ1) is 15.9. The summed E-state index contributed by atoms with van der Waals surface area (Å²) in [5.74, 6) is -0.422. The minimum atomic E-state index is -3.62. The van der Waals surface area contributed by atoms with Gasteiger partial charge in [-0.25, -0.2) is 18.4 Å². The molecular weight excluding hydrogens is 338 g/mol. The molecule has 1 aromatic heterocycles. The molecule has 0 saturated heterocycles. The lowest BCUT2D eigenvalue weighted by Crippen LogP contribution is -2.36. The number of halogens is 1. The van der Waals surface area contributed by atoms with Gasteiger partial charge in [0.05, 0.1) is 11.2 Å². The van der Waals surface area contributed by atoms with E-state index < -0.39 is 20.9 Å². The van der Waals surface area contributed by atoms with Gasteiger partial charge in [0.2, 0.25) is 15.0 Å². The number of carbonyl (C=O) groups excluding carboxylic acids is 1. The van der Waals surface area contributed by atoms with Gasteiger partial charge in [-0.1, -0.05) is 29.8 Å². The van der Waals surface area contributed by atoms with E-state index in [9.17, 15) is 13.2 Å². The Morgan fingerprint density at radius 1 is 1.30 bits per heavy atom. The van der Waals surface area contributed by atoms with Gasteiger partial charge in [0.15, 0.2) is 5.69 Å². The van der Waals surface area contributed by atoms with E-state index in [2.05, 4.69) is 9.97 Å². The van der Waals surface area contributed by atoms with Crippen molar-refractivity contribution in [2.75, 3.05) is 17.7 Å². The number of fused-ring (bicyclic) bond motifs is 1. The number of hydrogen-bond donors (Lipinski definition) is 0. The lowest BCUT2D eigenvalue weighted by Gasteiger charge is -2.29. The van der Waals surface area contributed by atoms with Crippen molar-refractivity contribution in [3.05, 3.63) is 46.7 Å². The average molecular weight is 352 g/mol. The Balaban J connectivity index is 2.05. The topological polar surface area (TPSA) is 80.2 Å². The van der Waals surface area contributed by atoms with Crippen LogP contribution in [0.5, 0.6) is 0 Å². The Bertz CT molecular complexity index is 883. The van der Waals surface area contributed by atoms with E-state index in [0.717, 1.165) is 36.5 Å². The summed E-state index contributed by atoms with van der Waals surface area (Å²) in [5, 5.41) is -0.374. The molecule has 0 unspecified atom stereocenters. The first-order valence-electron chi connectivity index (χ1n) is 7.00. The first-order valence-corrected chi connectivity index (χ1v) is 9.27. The summed E-state index contributed by atoms with van der Waals surface area (Å²) in [4.78, 5) is 22.0. The molecule has 2 aromatic rings. The molecule has 1 aliphatic rings. The number of anilines is 1. The van der Waals surface area contributed by atoms with Crippen LogP contribution in [0, 0.1) is 0 Å². The minimum Gasteiger partial charge on any atom is -0.307 e. The number of benzene rings is 1. The van der Waals surface area contributed by atoms with E-state index in [-0.39, 0.29) is 10.7 Å². The summed E-state index contributed by atoms with van der Waals surface area (Å²) >= 11 is 6.02. The van der Waals surface area contributed by atoms with E-state index in [1.165, 1.54) is 0 Å². The van der Waals surface area contributed by atoms with Crippen molar-refractivity contribution >= 4 is 33.0 Å². The monoisotopic (exact) mass is 351 g/mol. The standard InChI is InChI=1S/C15H14ClN3O3S/c1-23(21,22)15-17-9-11(16)13(18-15)14(20)19-8-4-6-10-5-2-3-7-12(10)19/h2-3,5,7,9H,4,6,8H2,1H3. The zero-order valence-electron chi connectivity index (χ0n) is 12.4. The van der Waals surface area contributed by atoms with E-state index >= 15 is 0 Å². The van der Waals surface area contributed by atoms with Crippen LogP contribution in [0.4, 0.5) is 5.69 Å².